The number of rotatable bonds is 6. The maximum Gasteiger partial charge on any atom is 0.303 e. The molecule has 1 aliphatic carbocycles. The van der Waals surface area contributed by atoms with Crippen LogP contribution in [0.25, 0.3) is 0 Å². The Morgan fingerprint density at radius 3 is 2.78 bits per heavy atom. The molecule has 3 heteroatoms. The molecular formula is C15H20O3. The lowest BCUT2D eigenvalue weighted by Crippen LogP contribution is -2.13. The minimum Gasteiger partial charge on any atom is -0.496 e. The van der Waals surface area contributed by atoms with E-state index >= 15 is 0 Å². The van der Waals surface area contributed by atoms with Gasteiger partial charge in [0.25, 0.3) is 0 Å². The van der Waals surface area contributed by atoms with Crippen LogP contribution in [0.1, 0.15) is 30.4 Å². The number of carboxylic acid groups (broad SMARTS) is 1. The highest BCUT2D eigenvalue weighted by Crippen LogP contribution is 2.41. The highest BCUT2D eigenvalue weighted by molar-refractivity contribution is 5.67. The van der Waals surface area contributed by atoms with E-state index in [0.29, 0.717) is 5.92 Å². The maximum atomic E-state index is 10.9. The van der Waals surface area contributed by atoms with Crippen LogP contribution in [0.2, 0.25) is 0 Å². The quantitative estimate of drug-likeness (QED) is 0.841. The first kappa shape index (κ1) is 12.9. The van der Waals surface area contributed by atoms with Gasteiger partial charge in [0.2, 0.25) is 0 Å². The van der Waals surface area contributed by atoms with Crippen LogP contribution in [0.15, 0.2) is 18.2 Å². The molecule has 0 heterocycles. The number of aryl methyl sites for hydroxylation is 1. The third-order valence-corrected chi connectivity index (χ3v) is 3.64. The van der Waals surface area contributed by atoms with Crippen molar-refractivity contribution in [1.29, 1.82) is 0 Å². The van der Waals surface area contributed by atoms with Gasteiger partial charge in [-0.3, -0.25) is 4.79 Å². The van der Waals surface area contributed by atoms with Gasteiger partial charge in [-0.2, -0.15) is 0 Å². The summed E-state index contributed by atoms with van der Waals surface area (Å²) in [6, 6.07) is 6.09. The van der Waals surface area contributed by atoms with Gasteiger partial charge in [0.15, 0.2) is 0 Å². The first-order chi connectivity index (χ1) is 8.60. The summed E-state index contributed by atoms with van der Waals surface area (Å²) in [5, 5.41) is 8.99. The van der Waals surface area contributed by atoms with Gasteiger partial charge in [-0.05, 0) is 49.7 Å². The summed E-state index contributed by atoms with van der Waals surface area (Å²) in [7, 11) is 1.66. The molecule has 1 aromatic carbocycles. The fourth-order valence-electron chi connectivity index (χ4n) is 2.55. The molecule has 1 aromatic rings. The molecule has 0 bridgehead atoms. The molecule has 1 fully saturated rings. The molecule has 1 saturated carbocycles. The van der Waals surface area contributed by atoms with E-state index in [0.717, 1.165) is 17.7 Å². The lowest BCUT2D eigenvalue weighted by Gasteiger charge is -2.16. The van der Waals surface area contributed by atoms with Gasteiger partial charge in [-0.1, -0.05) is 17.7 Å². The van der Waals surface area contributed by atoms with Crippen molar-refractivity contribution in [2.24, 2.45) is 11.8 Å². The largest absolute Gasteiger partial charge is 0.496 e. The van der Waals surface area contributed by atoms with Crippen molar-refractivity contribution in [3.05, 3.63) is 29.3 Å². The molecule has 1 unspecified atom stereocenters. The lowest BCUT2D eigenvalue weighted by molar-refractivity contribution is -0.138. The number of aliphatic carboxylic acids is 1. The van der Waals surface area contributed by atoms with Gasteiger partial charge >= 0.3 is 5.97 Å². The molecule has 0 saturated heterocycles. The SMILES string of the molecule is COc1ccc(C)cc1CC(CC(=O)O)C1CC1. The van der Waals surface area contributed by atoms with Crippen LogP contribution >= 0.6 is 0 Å². The molecule has 0 spiro atoms. The summed E-state index contributed by atoms with van der Waals surface area (Å²) in [5.74, 6) is 1.01. The third-order valence-electron chi connectivity index (χ3n) is 3.64. The van der Waals surface area contributed by atoms with Crippen LogP contribution in [-0.4, -0.2) is 18.2 Å². The number of hydrogen-bond donors (Lipinski definition) is 1. The Labute approximate surface area is 108 Å². The molecule has 98 valence electrons. The Bertz CT molecular complexity index is 435. The Hall–Kier alpha value is -1.51. The summed E-state index contributed by atoms with van der Waals surface area (Å²) in [6.07, 6.45) is 3.42. The first-order valence-electron chi connectivity index (χ1n) is 6.45. The summed E-state index contributed by atoms with van der Waals surface area (Å²) in [5.41, 5.74) is 2.33. The smallest absolute Gasteiger partial charge is 0.303 e. The highest BCUT2D eigenvalue weighted by atomic mass is 16.5. The Balaban J connectivity index is 2.14. The van der Waals surface area contributed by atoms with Crippen molar-refractivity contribution < 1.29 is 14.6 Å². The van der Waals surface area contributed by atoms with E-state index in [1.165, 1.54) is 18.4 Å². The molecule has 0 amide bonds. The second-order valence-corrected chi connectivity index (χ2v) is 5.21. The van der Waals surface area contributed by atoms with Crippen molar-refractivity contribution in [3.8, 4) is 5.75 Å². The van der Waals surface area contributed by atoms with Gasteiger partial charge in [-0.25, -0.2) is 0 Å². The number of carboxylic acids is 1. The van der Waals surface area contributed by atoms with E-state index in [2.05, 4.69) is 6.07 Å². The topological polar surface area (TPSA) is 46.5 Å². The molecule has 0 radical (unpaired) electrons. The Morgan fingerprint density at radius 1 is 1.50 bits per heavy atom. The monoisotopic (exact) mass is 248 g/mol. The summed E-state index contributed by atoms with van der Waals surface area (Å²) < 4.78 is 5.36. The predicted molar refractivity (Wildman–Crippen MR) is 69.9 cm³/mol. The molecule has 2 rings (SSSR count). The van der Waals surface area contributed by atoms with Crippen molar-refractivity contribution in [1.82, 2.24) is 0 Å². The molecule has 1 atom stereocenters. The number of carbonyl (C=O) groups is 1. The van der Waals surface area contributed by atoms with Crippen molar-refractivity contribution in [2.75, 3.05) is 7.11 Å². The van der Waals surface area contributed by atoms with Crippen LogP contribution in [0.4, 0.5) is 0 Å². The molecule has 3 nitrogen and oxygen atoms in total. The van der Waals surface area contributed by atoms with E-state index in [1.807, 2.05) is 19.1 Å². The van der Waals surface area contributed by atoms with Crippen LogP contribution in [0.5, 0.6) is 5.75 Å². The molecule has 0 aliphatic heterocycles. The molecule has 1 aliphatic rings. The zero-order valence-electron chi connectivity index (χ0n) is 11.0. The summed E-state index contributed by atoms with van der Waals surface area (Å²) >= 11 is 0. The summed E-state index contributed by atoms with van der Waals surface area (Å²) in [6.45, 7) is 2.05. The Morgan fingerprint density at radius 2 is 2.22 bits per heavy atom. The third kappa shape index (κ3) is 3.25. The lowest BCUT2D eigenvalue weighted by atomic mass is 9.91. The molecule has 0 aromatic heterocycles. The van der Waals surface area contributed by atoms with E-state index in [9.17, 15) is 4.79 Å². The van der Waals surface area contributed by atoms with Crippen LogP contribution < -0.4 is 4.74 Å². The number of benzene rings is 1. The van der Waals surface area contributed by atoms with E-state index < -0.39 is 5.97 Å². The number of hydrogen-bond acceptors (Lipinski definition) is 2. The van der Waals surface area contributed by atoms with Gasteiger partial charge < -0.3 is 9.84 Å². The van der Waals surface area contributed by atoms with Crippen LogP contribution in [-0.2, 0) is 11.2 Å². The average Bonchev–Trinajstić information content (AvgIpc) is 3.11. The molecular weight excluding hydrogens is 228 g/mol. The van der Waals surface area contributed by atoms with Gasteiger partial charge in [0.1, 0.15) is 5.75 Å². The predicted octanol–water partition coefficient (Wildman–Crippen LogP) is 3.05. The van der Waals surface area contributed by atoms with Crippen LogP contribution in [0, 0.1) is 18.8 Å². The fraction of sp³-hybridized carbons (Fsp3) is 0.533. The van der Waals surface area contributed by atoms with Gasteiger partial charge in [0.05, 0.1) is 7.11 Å². The summed E-state index contributed by atoms with van der Waals surface area (Å²) in [4.78, 5) is 10.9. The second-order valence-electron chi connectivity index (χ2n) is 5.21. The normalized spacial score (nSPS) is 16.3. The number of methoxy groups -OCH3 is 1. The minimum atomic E-state index is -0.696. The molecule has 1 N–H and O–H groups in total. The number of ether oxygens (including phenoxy) is 1. The molecule has 18 heavy (non-hydrogen) atoms. The van der Waals surface area contributed by atoms with Crippen molar-refractivity contribution in [2.45, 2.75) is 32.6 Å². The van der Waals surface area contributed by atoms with Crippen molar-refractivity contribution >= 4 is 5.97 Å². The highest BCUT2D eigenvalue weighted by Gasteiger charge is 2.33. The standard InChI is InChI=1S/C15H20O3/c1-10-3-6-14(18-2)13(7-10)8-12(9-15(16)17)11-4-5-11/h3,6-7,11-12H,4-5,8-9H2,1-2H3,(H,16,17). The Kier molecular flexibility index (Phi) is 3.90. The van der Waals surface area contributed by atoms with E-state index in [1.54, 1.807) is 7.11 Å². The second kappa shape index (κ2) is 5.42. The van der Waals surface area contributed by atoms with Gasteiger partial charge in [-0.15, -0.1) is 0 Å². The first-order valence-corrected chi connectivity index (χ1v) is 6.45. The minimum absolute atomic E-state index is 0.248. The fourth-order valence-corrected chi connectivity index (χ4v) is 2.55. The average molecular weight is 248 g/mol. The van der Waals surface area contributed by atoms with E-state index in [-0.39, 0.29) is 12.3 Å². The van der Waals surface area contributed by atoms with Gasteiger partial charge in [0, 0.05) is 6.42 Å². The zero-order chi connectivity index (χ0) is 13.1. The zero-order valence-corrected chi connectivity index (χ0v) is 11.0. The van der Waals surface area contributed by atoms with E-state index in [4.69, 9.17) is 9.84 Å². The van der Waals surface area contributed by atoms with Crippen LogP contribution in [0.3, 0.4) is 0 Å². The van der Waals surface area contributed by atoms with Crippen molar-refractivity contribution in [3.63, 3.8) is 0 Å². The maximum absolute atomic E-state index is 10.9.